The number of aldehydes is 1. The van der Waals surface area contributed by atoms with Crippen LogP contribution in [0.5, 0.6) is 11.5 Å². The van der Waals surface area contributed by atoms with Gasteiger partial charge in [0.25, 0.3) is 0 Å². The molecule has 0 unspecified atom stereocenters. The summed E-state index contributed by atoms with van der Waals surface area (Å²) < 4.78 is 10.4. The van der Waals surface area contributed by atoms with E-state index >= 15 is 0 Å². The number of hydrogen-bond donors (Lipinski definition) is 0. The number of hydrogen-bond acceptors (Lipinski definition) is 3. The van der Waals surface area contributed by atoms with Gasteiger partial charge in [0.1, 0.15) is 17.8 Å². The van der Waals surface area contributed by atoms with Crippen molar-refractivity contribution in [3.8, 4) is 11.5 Å². The number of rotatable bonds is 5. The van der Waals surface area contributed by atoms with Gasteiger partial charge in [0.05, 0.1) is 13.7 Å². The van der Waals surface area contributed by atoms with E-state index in [9.17, 15) is 4.79 Å². The van der Waals surface area contributed by atoms with Crippen LogP contribution in [0.3, 0.4) is 0 Å². The average Bonchev–Trinajstić information content (AvgIpc) is 2.26. The Morgan fingerprint density at radius 2 is 1.86 bits per heavy atom. The van der Waals surface area contributed by atoms with Crippen molar-refractivity contribution < 1.29 is 14.3 Å². The van der Waals surface area contributed by atoms with E-state index in [1.54, 1.807) is 7.11 Å². The van der Waals surface area contributed by atoms with Gasteiger partial charge >= 0.3 is 0 Å². The van der Waals surface area contributed by atoms with Crippen molar-refractivity contribution in [3.05, 3.63) is 24.3 Å². The summed E-state index contributed by atoms with van der Waals surface area (Å²) in [4.78, 5) is 10.3. The number of carbonyl (C=O) groups excluding carboxylic acids is 1. The van der Waals surface area contributed by atoms with Crippen LogP contribution in [0.2, 0.25) is 0 Å². The van der Waals surface area contributed by atoms with Crippen molar-refractivity contribution in [1.29, 1.82) is 0 Å². The lowest BCUT2D eigenvalue weighted by molar-refractivity contribution is -0.111. The Morgan fingerprint density at radius 3 is 2.36 bits per heavy atom. The molecule has 14 heavy (non-hydrogen) atoms. The number of ether oxygens (including phenoxy) is 2. The van der Waals surface area contributed by atoms with E-state index in [0.29, 0.717) is 6.61 Å². The van der Waals surface area contributed by atoms with E-state index in [4.69, 9.17) is 9.47 Å². The van der Waals surface area contributed by atoms with Gasteiger partial charge in [-0.05, 0) is 24.3 Å². The molecule has 0 N–H and O–H groups in total. The molecule has 0 bridgehead atoms. The predicted octanol–water partition coefficient (Wildman–Crippen LogP) is 1.91. The summed E-state index contributed by atoms with van der Waals surface area (Å²) in [6.07, 6.45) is 0.878. The van der Waals surface area contributed by atoms with Crippen LogP contribution in [0.15, 0.2) is 24.3 Å². The largest absolute Gasteiger partial charge is 0.497 e. The minimum Gasteiger partial charge on any atom is -0.497 e. The number of benzene rings is 1. The molecule has 0 aliphatic carbocycles. The lowest BCUT2D eigenvalue weighted by Gasteiger charge is -2.08. The molecule has 1 atom stereocenters. The fourth-order valence-electron chi connectivity index (χ4n) is 0.939. The van der Waals surface area contributed by atoms with E-state index in [1.807, 2.05) is 31.2 Å². The van der Waals surface area contributed by atoms with Crippen LogP contribution in [-0.4, -0.2) is 20.0 Å². The highest BCUT2D eigenvalue weighted by molar-refractivity contribution is 5.52. The number of methoxy groups -OCH3 is 1. The molecule has 0 aromatic heterocycles. The van der Waals surface area contributed by atoms with Gasteiger partial charge in [-0.15, -0.1) is 0 Å². The molecule has 1 aromatic carbocycles. The molecule has 0 saturated heterocycles. The van der Waals surface area contributed by atoms with Gasteiger partial charge in [-0.1, -0.05) is 6.92 Å². The molecule has 1 rings (SSSR count). The predicted molar refractivity (Wildman–Crippen MR) is 53.7 cm³/mol. The molecule has 0 heterocycles. The van der Waals surface area contributed by atoms with E-state index in [2.05, 4.69) is 0 Å². The minimum absolute atomic E-state index is 0.0721. The highest BCUT2D eigenvalue weighted by atomic mass is 16.5. The lowest BCUT2D eigenvalue weighted by atomic mass is 10.2. The first kappa shape index (κ1) is 10.6. The van der Waals surface area contributed by atoms with Crippen molar-refractivity contribution in [1.82, 2.24) is 0 Å². The maximum Gasteiger partial charge on any atom is 0.126 e. The zero-order chi connectivity index (χ0) is 10.4. The van der Waals surface area contributed by atoms with Gasteiger partial charge in [-0.25, -0.2) is 0 Å². The second kappa shape index (κ2) is 5.27. The van der Waals surface area contributed by atoms with Crippen LogP contribution in [0.1, 0.15) is 6.92 Å². The summed E-state index contributed by atoms with van der Waals surface area (Å²) >= 11 is 0. The fourth-order valence-corrected chi connectivity index (χ4v) is 0.939. The maximum atomic E-state index is 10.3. The van der Waals surface area contributed by atoms with Crippen molar-refractivity contribution in [2.24, 2.45) is 5.92 Å². The summed E-state index contributed by atoms with van der Waals surface area (Å²) in [5, 5.41) is 0. The van der Waals surface area contributed by atoms with Crippen molar-refractivity contribution in [3.63, 3.8) is 0 Å². The van der Waals surface area contributed by atoms with Gasteiger partial charge in [0, 0.05) is 5.92 Å². The molecule has 0 spiro atoms. The first-order chi connectivity index (χ1) is 6.76. The minimum atomic E-state index is -0.0721. The summed E-state index contributed by atoms with van der Waals surface area (Å²) in [6.45, 7) is 2.23. The monoisotopic (exact) mass is 194 g/mol. The summed E-state index contributed by atoms with van der Waals surface area (Å²) in [5.41, 5.74) is 0. The standard InChI is InChI=1S/C11H14O3/c1-9(7-12)8-14-11-5-3-10(13-2)4-6-11/h3-7,9H,8H2,1-2H3/t9-/m0/s1. The Labute approximate surface area is 83.6 Å². The van der Waals surface area contributed by atoms with Crippen LogP contribution in [0.25, 0.3) is 0 Å². The summed E-state index contributed by atoms with van der Waals surface area (Å²) in [6, 6.07) is 7.27. The van der Waals surface area contributed by atoms with Crippen molar-refractivity contribution >= 4 is 6.29 Å². The van der Waals surface area contributed by atoms with Gasteiger partial charge < -0.3 is 14.3 Å². The molecular weight excluding hydrogens is 180 g/mol. The highest BCUT2D eigenvalue weighted by Crippen LogP contribution is 2.17. The topological polar surface area (TPSA) is 35.5 Å². The molecule has 0 fully saturated rings. The maximum absolute atomic E-state index is 10.3. The summed E-state index contributed by atoms with van der Waals surface area (Å²) in [7, 11) is 1.62. The van der Waals surface area contributed by atoms with Gasteiger partial charge in [0.2, 0.25) is 0 Å². The highest BCUT2D eigenvalue weighted by Gasteiger charge is 2.00. The molecule has 0 amide bonds. The first-order valence-electron chi connectivity index (χ1n) is 4.48. The first-order valence-corrected chi connectivity index (χ1v) is 4.48. The second-order valence-electron chi connectivity index (χ2n) is 3.10. The number of carbonyl (C=O) groups is 1. The third-order valence-electron chi connectivity index (χ3n) is 1.80. The van der Waals surface area contributed by atoms with Gasteiger partial charge in [-0.3, -0.25) is 0 Å². The molecule has 0 aliphatic rings. The van der Waals surface area contributed by atoms with E-state index in [0.717, 1.165) is 17.8 Å². The Hall–Kier alpha value is -1.51. The smallest absolute Gasteiger partial charge is 0.126 e. The molecule has 0 radical (unpaired) electrons. The molecule has 1 aromatic rings. The van der Waals surface area contributed by atoms with Gasteiger partial charge in [0.15, 0.2) is 0 Å². The Bertz CT molecular complexity index is 279. The Kier molecular flexibility index (Phi) is 3.98. The van der Waals surface area contributed by atoms with Gasteiger partial charge in [-0.2, -0.15) is 0 Å². The molecule has 0 saturated carbocycles. The van der Waals surface area contributed by atoms with E-state index in [1.165, 1.54) is 0 Å². The third-order valence-corrected chi connectivity index (χ3v) is 1.80. The van der Waals surface area contributed by atoms with Crippen molar-refractivity contribution in [2.45, 2.75) is 6.92 Å². The zero-order valence-electron chi connectivity index (χ0n) is 8.40. The van der Waals surface area contributed by atoms with Crippen LogP contribution in [-0.2, 0) is 4.79 Å². The van der Waals surface area contributed by atoms with E-state index < -0.39 is 0 Å². The van der Waals surface area contributed by atoms with Crippen LogP contribution < -0.4 is 9.47 Å². The van der Waals surface area contributed by atoms with Crippen LogP contribution in [0.4, 0.5) is 0 Å². The molecule has 0 aliphatic heterocycles. The van der Waals surface area contributed by atoms with E-state index in [-0.39, 0.29) is 5.92 Å². The third kappa shape index (κ3) is 3.09. The molecule has 3 nitrogen and oxygen atoms in total. The lowest BCUT2D eigenvalue weighted by Crippen LogP contribution is -2.09. The van der Waals surface area contributed by atoms with Crippen LogP contribution in [0, 0.1) is 5.92 Å². The SMILES string of the molecule is COc1ccc(OC[C@@H](C)C=O)cc1. The molecular formula is C11H14O3. The quantitative estimate of drug-likeness (QED) is 0.672. The zero-order valence-corrected chi connectivity index (χ0v) is 8.40. The van der Waals surface area contributed by atoms with Crippen LogP contribution >= 0.6 is 0 Å². The van der Waals surface area contributed by atoms with Crippen molar-refractivity contribution in [2.75, 3.05) is 13.7 Å². The fraction of sp³-hybridized carbons (Fsp3) is 0.364. The Balaban J connectivity index is 2.47. The molecule has 76 valence electrons. The second-order valence-corrected chi connectivity index (χ2v) is 3.10. The average molecular weight is 194 g/mol. The molecule has 3 heteroatoms. The normalized spacial score (nSPS) is 11.9. The summed E-state index contributed by atoms with van der Waals surface area (Å²) in [5.74, 6) is 1.47. The Morgan fingerprint density at radius 1 is 1.29 bits per heavy atom.